The first-order valence-electron chi connectivity index (χ1n) is 8.26. The number of nitrogens with zero attached hydrogens (tertiary/aromatic N) is 1. The molecule has 1 aliphatic rings. The quantitative estimate of drug-likeness (QED) is 0.878. The van der Waals surface area contributed by atoms with Crippen molar-refractivity contribution >= 4 is 6.03 Å². The third-order valence-electron chi connectivity index (χ3n) is 4.55. The van der Waals surface area contributed by atoms with Crippen molar-refractivity contribution in [2.45, 2.75) is 32.4 Å². The average Bonchev–Trinajstić information content (AvgIpc) is 3.40. The Hall–Kier alpha value is -2.29. The number of hydrogen-bond acceptors (Lipinski definition) is 1. The van der Waals surface area contributed by atoms with Gasteiger partial charge >= 0.3 is 6.03 Å². The minimum absolute atomic E-state index is 0.00555. The molecule has 23 heavy (non-hydrogen) atoms. The van der Waals surface area contributed by atoms with E-state index in [1.54, 1.807) is 4.90 Å². The number of amides is 2. The predicted octanol–water partition coefficient (Wildman–Crippen LogP) is 4.29. The van der Waals surface area contributed by atoms with Crippen LogP contribution in [0.15, 0.2) is 54.6 Å². The summed E-state index contributed by atoms with van der Waals surface area (Å²) in [4.78, 5) is 14.4. The van der Waals surface area contributed by atoms with Gasteiger partial charge in [-0.25, -0.2) is 4.79 Å². The van der Waals surface area contributed by atoms with Gasteiger partial charge in [-0.1, -0.05) is 54.6 Å². The van der Waals surface area contributed by atoms with E-state index in [4.69, 9.17) is 0 Å². The average molecular weight is 308 g/mol. The molecule has 1 N–H and O–H groups in total. The van der Waals surface area contributed by atoms with Crippen LogP contribution in [0.5, 0.6) is 0 Å². The van der Waals surface area contributed by atoms with E-state index in [-0.39, 0.29) is 12.1 Å². The molecule has 0 aromatic heterocycles. The third-order valence-corrected chi connectivity index (χ3v) is 4.55. The number of rotatable bonds is 5. The van der Waals surface area contributed by atoms with Crippen molar-refractivity contribution in [1.82, 2.24) is 10.2 Å². The second kappa shape index (κ2) is 6.86. The molecule has 0 aliphatic heterocycles. The van der Waals surface area contributed by atoms with E-state index >= 15 is 0 Å². The van der Waals surface area contributed by atoms with Crippen LogP contribution in [0.3, 0.4) is 0 Å². The highest BCUT2D eigenvalue weighted by atomic mass is 16.2. The molecule has 1 fully saturated rings. The molecule has 0 bridgehead atoms. The summed E-state index contributed by atoms with van der Waals surface area (Å²) in [6.07, 6.45) is 2.39. The van der Waals surface area contributed by atoms with Crippen LogP contribution in [0.4, 0.5) is 4.79 Å². The molecule has 0 spiro atoms. The molecule has 2 aromatic carbocycles. The summed E-state index contributed by atoms with van der Waals surface area (Å²) in [7, 11) is 1.86. The Morgan fingerprint density at radius 1 is 1.13 bits per heavy atom. The highest BCUT2D eigenvalue weighted by Crippen LogP contribution is 2.41. The molecule has 1 saturated carbocycles. The van der Waals surface area contributed by atoms with Crippen LogP contribution in [0.2, 0.25) is 0 Å². The van der Waals surface area contributed by atoms with Crippen molar-refractivity contribution < 1.29 is 4.79 Å². The van der Waals surface area contributed by atoms with Gasteiger partial charge in [-0.3, -0.25) is 0 Å². The van der Waals surface area contributed by atoms with E-state index in [1.165, 1.54) is 29.5 Å². The molecule has 0 saturated heterocycles. The van der Waals surface area contributed by atoms with Crippen molar-refractivity contribution in [3.05, 3.63) is 71.3 Å². The fourth-order valence-corrected chi connectivity index (χ4v) is 2.92. The molecule has 0 heterocycles. The van der Waals surface area contributed by atoms with Crippen LogP contribution in [0, 0.1) is 12.8 Å². The summed E-state index contributed by atoms with van der Waals surface area (Å²) < 4.78 is 0. The first-order valence-corrected chi connectivity index (χ1v) is 8.26. The Morgan fingerprint density at radius 3 is 2.43 bits per heavy atom. The Bertz CT molecular complexity index is 664. The van der Waals surface area contributed by atoms with Crippen molar-refractivity contribution in [3.8, 4) is 0 Å². The minimum atomic E-state index is -0.00555. The van der Waals surface area contributed by atoms with Crippen molar-refractivity contribution in [2.24, 2.45) is 5.92 Å². The molecule has 3 rings (SSSR count). The van der Waals surface area contributed by atoms with Crippen molar-refractivity contribution in [3.63, 3.8) is 0 Å². The molecule has 3 heteroatoms. The fourth-order valence-electron chi connectivity index (χ4n) is 2.92. The standard InChI is InChI=1S/C20H24N2O/c1-15-8-6-7-11-18(15)14-22(2)20(23)21-19(17-12-13-17)16-9-4-3-5-10-16/h3-11,17,19H,12-14H2,1-2H3,(H,21,23). The number of aryl methyl sites for hydroxylation is 1. The second-order valence-electron chi connectivity index (χ2n) is 6.46. The highest BCUT2D eigenvalue weighted by Gasteiger charge is 2.33. The molecule has 120 valence electrons. The Balaban J connectivity index is 1.66. The summed E-state index contributed by atoms with van der Waals surface area (Å²) in [5, 5.41) is 3.22. The third kappa shape index (κ3) is 3.92. The van der Waals surface area contributed by atoms with Crippen LogP contribution in [0.25, 0.3) is 0 Å². The molecule has 2 aromatic rings. The van der Waals surface area contributed by atoms with Crippen LogP contribution in [0.1, 0.15) is 35.6 Å². The first kappa shape index (κ1) is 15.6. The maximum Gasteiger partial charge on any atom is 0.317 e. The zero-order chi connectivity index (χ0) is 16.2. The Morgan fingerprint density at radius 2 is 1.78 bits per heavy atom. The summed E-state index contributed by atoms with van der Waals surface area (Å²) >= 11 is 0. The first-order chi connectivity index (χ1) is 11.1. The molecule has 1 atom stereocenters. The van der Waals surface area contributed by atoms with Crippen LogP contribution >= 0.6 is 0 Å². The molecular formula is C20H24N2O. The predicted molar refractivity (Wildman–Crippen MR) is 93.1 cm³/mol. The number of nitrogens with one attached hydrogen (secondary N) is 1. The van der Waals surface area contributed by atoms with Gasteiger partial charge in [0.15, 0.2) is 0 Å². The summed E-state index contributed by atoms with van der Waals surface area (Å²) in [5.41, 5.74) is 3.61. The summed E-state index contributed by atoms with van der Waals surface area (Å²) in [5.74, 6) is 0.577. The van der Waals surface area contributed by atoms with E-state index in [2.05, 4.69) is 36.5 Å². The number of carbonyl (C=O) groups excluding carboxylic acids is 1. The smallest absolute Gasteiger partial charge is 0.317 e. The van der Waals surface area contributed by atoms with Crippen molar-refractivity contribution in [2.75, 3.05) is 7.05 Å². The number of benzene rings is 2. The monoisotopic (exact) mass is 308 g/mol. The second-order valence-corrected chi connectivity index (χ2v) is 6.46. The van der Waals surface area contributed by atoms with E-state index in [0.717, 1.165) is 0 Å². The van der Waals surface area contributed by atoms with Gasteiger partial charge in [-0.2, -0.15) is 0 Å². The van der Waals surface area contributed by atoms with Crippen LogP contribution < -0.4 is 5.32 Å². The van der Waals surface area contributed by atoms with Crippen LogP contribution in [-0.4, -0.2) is 18.0 Å². The van der Waals surface area contributed by atoms with Crippen molar-refractivity contribution in [1.29, 1.82) is 0 Å². The van der Waals surface area contributed by atoms with Gasteiger partial charge in [0, 0.05) is 13.6 Å². The van der Waals surface area contributed by atoms with Gasteiger partial charge in [0.1, 0.15) is 0 Å². The van der Waals surface area contributed by atoms with Gasteiger partial charge < -0.3 is 10.2 Å². The molecule has 2 amide bonds. The molecule has 0 radical (unpaired) electrons. The summed E-state index contributed by atoms with van der Waals surface area (Å²) in [6.45, 7) is 2.71. The lowest BCUT2D eigenvalue weighted by Crippen LogP contribution is -2.39. The fraction of sp³-hybridized carbons (Fsp3) is 0.350. The van der Waals surface area contributed by atoms with Gasteiger partial charge in [-0.15, -0.1) is 0 Å². The lowest BCUT2D eigenvalue weighted by Gasteiger charge is -2.24. The number of carbonyl (C=O) groups is 1. The van der Waals surface area contributed by atoms with Crippen LogP contribution in [-0.2, 0) is 6.54 Å². The maximum absolute atomic E-state index is 12.6. The van der Waals surface area contributed by atoms with E-state index in [1.807, 2.05) is 37.4 Å². The number of urea groups is 1. The lowest BCUT2D eigenvalue weighted by molar-refractivity contribution is 0.201. The zero-order valence-electron chi connectivity index (χ0n) is 13.8. The minimum Gasteiger partial charge on any atom is -0.331 e. The maximum atomic E-state index is 12.6. The van der Waals surface area contributed by atoms with E-state index in [0.29, 0.717) is 12.5 Å². The largest absolute Gasteiger partial charge is 0.331 e. The van der Waals surface area contributed by atoms with Gasteiger partial charge in [0.25, 0.3) is 0 Å². The van der Waals surface area contributed by atoms with E-state index < -0.39 is 0 Å². The van der Waals surface area contributed by atoms with E-state index in [9.17, 15) is 4.79 Å². The molecular weight excluding hydrogens is 284 g/mol. The number of hydrogen-bond donors (Lipinski definition) is 1. The zero-order valence-corrected chi connectivity index (χ0v) is 13.8. The van der Waals surface area contributed by atoms with Gasteiger partial charge in [0.05, 0.1) is 6.04 Å². The molecule has 1 unspecified atom stereocenters. The Kier molecular flexibility index (Phi) is 4.65. The molecule has 1 aliphatic carbocycles. The lowest BCUT2D eigenvalue weighted by atomic mass is 10.0. The SMILES string of the molecule is Cc1ccccc1CN(C)C(=O)NC(c1ccccc1)C1CC1. The molecule has 3 nitrogen and oxygen atoms in total. The Labute approximate surface area is 138 Å². The van der Waals surface area contributed by atoms with Gasteiger partial charge in [0.2, 0.25) is 0 Å². The highest BCUT2D eigenvalue weighted by molar-refractivity contribution is 5.74. The topological polar surface area (TPSA) is 32.3 Å². The normalized spacial score (nSPS) is 15.0. The summed E-state index contributed by atoms with van der Waals surface area (Å²) in [6, 6.07) is 18.6. The van der Waals surface area contributed by atoms with Gasteiger partial charge in [-0.05, 0) is 42.4 Å².